The summed E-state index contributed by atoms with van der Waals surface area (Å²) < 4.78 is 0.533. The molecule has 2 amide bonds. The molecule has 9 nitrogen and oxygen atoms in total. The van der Waals surface area contributed by atoms with Crippen molar-refractivity contribution in [2.75, 3.05) is 18.6 Å². The maximum Gasteiger partial charge on any atom is 0.315 e. The Labute approximate surface area is 172 Å². The van der Waals surface area contributed by atoms with Crippen LogP contribution in [0.3, 0.4) is 0 Å². The second-order valence-corrected chi connectivity index (χ2v) is 10.6. The van der Waals surface area contributed by atoms with E-state index in [1.165, 1.54) is 53.5 Å². The molecule has 1 aromatic rings. The lowest BCUT2D eigenvalue weighted by molar-refractivity contribution is -0.155. The van der Waals surface area contributed by atoms with Crippen molar-refractivity contribution in [1.29, 1.82) is 0 Å². The zero-order valence-corrected chi connectivity index (χ0v) is 17.7. The molecular formula is C14H18N4O5S4. The minimum absolute atomic E-state index is 0.0273. The molecule has 0 bridgehead atoms. The molecule has 0 saturated carbocycles. The number of carbonyl (C=O) groups is 3. The number of fused-ring (bicyclic) bond motifs is 1. The predicted molar refractivity (Wildman–Crippen MR) is 105 cm³/mol. The molecular weight excluding hydrogens is 432 g/mol. The number of aliphatic carboxylic acids is 1. The zero-order chi connectivity index (χ0) is 19.8. The van der Waals surface area contributed by atoms with E-state index in [1.54, 1.807) is 4.90 Å². The number of amides is 2. The van der Waals surface area contributed by atoms with Gasteiger partial charge in [-0.1, -0.05) is 23.1 Å². The molecule has 2 fully saturated rings. The van der Waals surface area contributed by atoms with E-state index in [0.717, 1.165) is 0 Å². The summed E-state index contributed by atoms with van der Waals surface area (Å²) in [6.07, 6.45) is 1.84. The molecule has 0 spiro atoms. The summed E-state index contributed by atoms with van der Waals surface area (Å²) >= 11 is 5.13. The van der Waals surface area contributed by atoms with Crippen molar-refractivity contribution in [2.24, 2.45) is 5.41 Å². The van der Waals surface area contributed by atoms with Crippen LogP contribution in [0.15, 0.2) is 4.34 Å². The van der Waals surface area contributed by atoms with Gasteiger partial charge < -0.3 is 20.4 Å². The molecule has 148 valence electrons. The number of hydrogen-bond donors (Lipinski definition) is 3. The number of carbonyl (C=O) groups excluding carboxylic acids is 2. The summed E-state index contributed by atoms with van der Waals surface area (Å²) in [5.41, 5.74) is -1.36. The average molecular weight is 451 g/mol. The molecule has 13 heteroatoms. The fourth-order valence-electron chi connectivity index (χ4n) is 2.95. The standard InChI is InChI=1S/C14H18N4O5S4/c1-6(20)15-11-14(12(22)23,5-25-13-17-16-7(3-19)26-13)4-18-9(21)8(24-2)10(18)27-11/h8,10-11,19H,3-5H2,1-2H3,(H,15,20)(H,22,23)/t8?,10-,11?,14?/m1/s1. The molecule has 2 aliphatic heterocycles. The third-order valence-electron chi connectivity index (χ3n) is 4.37. The van der Waals surface area contributed by atoms with Crippen LogP contribution in [0.25, 0.3) is 0 Å². The Bertz CT molecular complexity index is 762. The summed E-state index contributed by atoms with van der Waals surface area (Å²) in [5, 5.41) is 29.1. The maximum absolute atomic E-state index is 12.3. The van der Waals surface area contributed by atoms with E-state index >= 15 is 0 Å². The highest BCUT2D eigenvalue weighted by molar-refractivity contribution is 8.04. The number of carboxylic acid groups (broad SMARTS) is 1. The van der Waals surface area contributed by atoms with Gasteiger partial charge in [0.05, 0.1) is 12.0 Å². The lowest BCUT2D eigenvalue weighted by Gasteiger charge is -2.56. The van der Waals surface area contributed by atoms with Gasteiger partial charge in [0.2, 0.25) is 11.8 Å². The first-order valence-electron chi connectivity index (χ1n) is 7.87. The van der Waals surface area contributed by atoms with Crippen molar-refractivity contribution in [1.82, 2.24) is 20.4 Å². The Morgan fingerprint density at radius 1 is 1.44 bits per heavy atom. The number of aliphatic hydroxyl groups excluding tert-OH is 1. The fraction of sp³-hybridized carbons (Fsp3) is 0.643. The van der Waals surface area contributed by atoms with Gasteiger partial charge in [-0.2, -0.15) is 0 Å². The summed E-state index contributed by atoms with van der Waals surface area (Å²) in [7, 11) is 0. The van der Waals surface area contributed by atoms with E-state index in [9.17, 15) is 19.5 Å². The number of thioether (sulfide) groups is 3. The third-order valence-corrected chi connectivity index (χ3v) is 9.45. The van der Waals surface area contributed by atoms with E-state index in [-0.39, 0.29) is 41.3 Å². The third kappa shape index (κ3) is 3.79. The number of rotatable bonds is 7. The van der Waals surface area contributed by atoms with Gasteiger partial charge in [-0.3, -0.25) is 14.4 Å². The first-order chi connectivity index (χ1) is 12.8. The Balaban J connectivity index is 1.85. The topological polar surface area (TPSA) is 133 Å². The highest BCUT2D eigenvalue weighted by atomic mass is 32.2. The van der Waals surface area contributed by atoms with Crippen molar-refractivity contribution in [2.45, 2.75) is 33.9 Å². The fourth-order valence-corrected chi connectivity index (χ4v) is 7.91. The molecule has 2 aliphatic rings. The van der Waals surface area contributed by atoms with Gasteiger partial charge in [-0.25, -0.2) is 0 Å². The van der Waals surface area contributed by atoms with Crippen LogP contribution in [-0.2, 0) is 21.0 Å². The maximum atomic E-state index is 12.3. The zero-order valence-electron chi connectivity index (χ0n) is 14.4. The van der Waals surface area contributed by atoms with Crippen molar-refractivity contribution in [3.63, 3.8) is 0 Å². The van der Waals surface area contributed by atoms with Crippen LogP contribution in [0.4, 0.5) is 0 Å². The van der Waals surface area contributed by atoms with E-state index < -0.39 is 16.8 Å². The molecule has 0 aromatic carbocycles. The van der Waals surface area contributed by atoms with Gasteiger partial charge in [-0.15, -0.1) is 33.7 Å². The Hall–Kier alpha value is -1.02. The van der Waals surface area contributed by atoms with E-state index in [1.807, 2.05) is 6.26 Å². The molecule has 0 radical (unpaired) electrons. The summed E-state index contributed by atoms with van der Waals surface area (Å²) in [5.74, 6) is -1.36. The average Bonchev–Trinajstić information content (AvgIpc) is 3.08. The predicted octanol–water partition coefficient (Wildman–Crippen LogP) is 0.302. The van der Waals surface area contributed by atoms with Gasteiger partial charge in [0.1, 0.15) is 21.0 Å². The molecule has 4 atom stereocenters. The molecule has 0 aliphatic carbocycles. The number of nitrogens with zero attached hydrogens (tertiary/aromatic N) is 3. The number of hydrogen-bond acceptors (Lipinski definition) is 10. The van der Waals surface area contributed by atoms with Crippen LogP contribution in [-0.4, -0.2) is 77.6 Å². The van der Waals surface area contributed by atoms with Gasteiger partial charge in [0.25, 0.3) is 0 Å². The SMILES string of the molecule is CSC1C(=O)N2CC(CSc3nnc(CO)s3)(C(=O)O)C(NC(C)=O)S[C@H]12. The van der Waals surface area contributed by atoms with E-state index in [4.69, 9.17) is 5.11 Å². The number of aliphatic hydroxyl groups is 1. The Morgan fingerprint density at radius 2 is 2.19 bits per heavy atom. The number of β-lactam (4-membered cyclic amide) rings is 1. The van der Waals surface area contributed by atoms with Crippen molar-refractivity contribution >= 4 is 64.4 Å². The second kappa shape index (κ2) is 8.15. The van der Waals surface area contributed by atoms with Gasteiger partial charge in [0, 0.05) is 19.2 Å². The van der Waals surface area contributed by atoms with Crippen LogP contribution in [0, 0.1) is 5.41 Å². The normalized spacial score (nSPS) is 29.8. The highest BCUT2D eigenvalue weighted by Crippen LogP contribution is 2.50. The van der Waals surface area contributed by atoms with E-state index in [0.29, 0.717) is 9.35 Å². The molecule has 2 saturated heterocycles. The van der Waals surface area contributed by atoms with E-state index in [2.05, 4.69) is 15.5 Å². The first-order valence-corrected chi connectivity index (χ1v) is 11.9. The lowest BCUT2D eigenvalue weighted by Crippen LogP contribution is -2.72. The number of aromatic nitrogens is 2. The summed E-state index contributed by atoms with van der Waals surface area (Å²) in [4.78, 5) is 37.9. The van der Waals surface area contributed by atoms with Crippen LogP contribution in [0.5, 0.6) is 0 Å². The summed E-state index contributed by atoms with van der Waals surface area (Å²) in [6, 6.07) is 0. The second-order valence-electron chi connectivity index (χ2n) is 6.10. The van der Waals surface area contributed by atoms with Crippen LogP contribution >= 0.6 is 46.6 Å². The Kier molecular flexibility index (Phi) is 6.25. The minimum Gasteiger partial charge on any atom is -0.481 e. The highest BCUT2D eigenvalue weighted by Gasteiger charge is 2.61. The number of nitrogens with one attached hydrogen (secondary N) is 1. The molecule has 3 unspecified atom stereocenters. The number of carboxylic acids is 1. The Morgan fingerprint density at radius 3 is 2.74 bits per heavy atom. The minimum atomic E-state index is -1.36. The van der Waals surface area contributed by atoms with Crippen molar-refractivity contribution in [3.8, 4) is 0 Å². The van der Waals surface area contributed by atoms with Gasteiger partial charge >= 0.3 is 5.97 Å². The molecule has 3 rings (SSSR count). The van der Waals surface area contributed by atoms with Crippen LogP contribution < -0.4 is 5.32 Å². The first kappa shape index (κ1) is 20.7. The van der Waals surface area contributed by atoms with Crippen molar-refractivity contribution < 1.29 is 24.6 Å². The molecule has 1 aromatic heterocycles. The van der Waals surface area contributed by atoms with Crippen molar-refractivity contribution in [3.05, 3.63) is 5.01 Å². The molecule has 27 heavy (non-hydrogen) atoms. The van der Waals surface area contributed by atoms with Crippen LogP contribution in [0.2, 0.25) is 0 Å². The summed E-state index contributed by atoms with van der Waals surface area (Å²) in [6.45, 7) is 1.15. The van der Waals surface area contributed by atoms with Gasteiger partial charge in [0.15, 0.2) is 4.34 Å². The van der Waals surface area contributed by atoms with Gasteiger partial charge in [-0.05, 0) is 6.26 Å². The smallest absolute Gasteiger partial charge is 0.315 e. The quantitative estimate of drug-likeness (QED) is 0.393. The molecule has 3 N–H and O–H groups in total. The van der Waals surface area contributed by atoms with Crippen LogP contribution in [0.1, 0.15) is 11.9 Å². The molecule has 3 heterocycles. The lowest BCUT2D eigenvalue weighted by atomic mass is 9.87. The monoisotopic (exact) mass is 450 g/mol. The largest absolute Gasteiger partial charge is 0.481 e.